The average molecular weight is 958 g/mol. The van der Waals surface area contributed by atoms with Gasteiger partial charge in [-0.15, -0.1) is 13.2 Å². The van der Waals surface area contributed by atoms with Crippen LogP contribution in [0, 0.1) is 0 Å². The molecule has 0 aliphatic carbocycles. The Balaban J connectivity index is 1.24. The lowest BCUT2D eigenvalue weighted by atomic mass is 10.00. The highest BCUT2D eigenvalue weighted by atomic mass is 31.2. The van der Waals surface area contributed by atoms with Crippen LogP contribution >= 0.6 is 7.82 Å². The fraction of sp³-hybridized carbons (Fsp3) is 0.260. The van der Waals surface area contributed by atoms with Crippen molar-refractivity contribution in [3.05, 3.63) is 158 Å². The summed E-state index contributed by atoms with van der Waals surface area (Å²) in [6.07, 6.45) is -0.207. The number of anilines is 1. The van der Waals surface area contributed by atoms with Gasteiger partial charge in [-0.3, -0.25) is 18.7 Å². The highest BCUT2D eigenvalue weighted by Crippen LogP contribution is 2.41. The quantitative estimate of drug-likeness (QED) is 0.0299. The van der Waals surface area contributed by atoms with Gasteiger partial charge in [0, 0.05) is 25.7 Å². The molecule has 6 atom stereocenters. The van der Waals surface area contributed by atoms with Crippen molar-refractivity contribution in [1.82, 2.24) is 30.2 Å². The van der Waals surface area contributed by atoms with Crippen molar-refractivity contribution in [2.24, 2.45) is 0 Å². The van der Waals surface area contributed by atoms with Gasteiger partial charge in [0.15, 0.2) is 29.9 Å². The van der Waals surface area contributed by atoms with E-state index in [1.54, 1.807) is 12.2 Å². The van der Waals surface area contributed by atoms with Gasteiger partial charge in [0.05, 0.1) is 12.9 Å². The number of nitrogens with one attached hydrogen (secondary N) is 2. The van der Waals surface area contributed by atoms with Gasteiger partial charge in [0.1, 0.15) is 30.0 Å². The number of hydrogen-bond acceptors (Lipinski definition) is 13. The van der Waals surface area contributed by atoms with Crippen LogP contribution in [-0.2, 0) is 55.3 Å². The predicted octanol–water partition coefficient (Wildman–Crippen LogP) is 5.96. The van der Waals surface area contributed by atoms with E-state index in [0.717, 1.165) is 22.3 Å². The van der Waals surface area contributed by atoms with Crippen LogP contribution in [0.5, 0.6) is 0 Å². The van der Waals surface area contributed by atoms with E-state index in [2.05, 4.69) is 38.7 Å². The monoisotopic (exact) mass is 957 g/mol. The van der Waals surface area contributed by atoms with E-state index in [-0.39, 0.29) is 42.7 Å². The lowest BCUT2D eigenvalue weighted by molar-refractivity contribution is -0.171. The molecule has 1 saturated heterocycles. The largest absolute Gasteiger partial charge is 0.469 e. The molecule has 1 aliphatic rings. The summed E-state index contributed by atoms with van der Waals surface area (Å²) in [6.45, 7) is 6.49. The average Bonchev–Trinajstić information content (AvgIpc) is 3.93. The van der Waals surface area contributed by atoms with Crippen LogP contribution in [0.1, 0.15) is 43.0 Å². The minimum absolute atomic E-state index is 0.00140. The molecule has 7 rings (SSSR count). The van der Waals surface area contributed by atoms with Crippen molar-refractivity contribution in [2.45, 2.75) is 75.1 Å². The number of benzene rings is 4. The zero-order chi connectivity index (χ0) is 48.9. The summed E-state index contributed by atoms with van der Waals surface area (Å²) in [4.78, 5) is 88.1. The summed E-state index contributed by atoms with van der Waals surface area (Å²) in [6, 6.07) is 31.5. The Morgan fingerprint density at radius 2 is 1.19 bits per heavy atom. The predicted molar refractivity (Wildman–Crippen MR) is 255 cm³/mol. The van der Waals surface area contributed by atoms with Crippen molar-refractivity contribution in [2.75, 3.05) is 12.3 Å². The van der Waals surface area contributed by atoms with E-state index in [0.29, 0.717) is 24.0 Å². The molecule has 6 aromatic rings. The molecule has 0 bridgehead atoms. The first-order chi connectivity index (χ1) is 33.3. The second-order valence-corrected chi connectivity index (χ2v) is 17.4. The molecular formula is C50H52N7O11P. The molecule has 3 heterocycles. The van der Waals surface area contributed by atoms with E-state index in [1.807, 2.05) is 109 Å². The smallest absolute Gasteiger partial charge is 0.454 e. The molecule has 358 valence electrons. The molecular weight excluding hydrogens is 906 g/mol. The van der Waals surface area contributed by atoms with E-state index >= 15 is 0 Å². The van der Waals surface area contributed by atoms with Crippen molar-refractivity contribution >= 4 is 48.6 Å². The number of imidazole rings is 1. The number of amides is 2. The third kappa shape index (κ3) is 13.2. The highest BCUT2D eigenvalue weighted by molar-refractivity contribution is 7.46. The van der Waals surface area contributed by atoms with Gasteiger partial charge < -0.3 is 40.4 Å². The number of nitrogen functional groups attached to an aromatic ring is 1. The van der Waals surface area contributed by atoms with Crippen LogP contribution in [0.2, 0.25) is 0 Å². The fourth-order valence-electron chi connectivity index (χ4n) is 7.78. The number of hydrogen-bond donors (Lipinski definition) is 5. The Bertz CT molecular complexity index is 2790. The summed E-state index contributed by atoms with van der Waals surface area (Å²) in [7, 11) is -5.18. The lowest BCUT2D eigenvalue weighted by Crippen LogP contribution is -2.50. The molecule has 0 saturated carbocycles. The van der Waals surface area contributed by atoms with E-state index in [1.165, 1.54) is 17.2 Å². The zero-order valence-corrected chi connectivity index (χ0v) is 38.3. The molecule has 1 aliphatic heterocycles. The van der Waals surface area contributed by atoms with Crippen molar-refractivity contribution in [3.63, 3.8) is 0 Å². The van der Waals surface area contributed by atoms with Crippen LogP contribution in [0.4, 0.5) is 5.82 Å². The van der Waals surface area contributed by atoms with Crippen molar-refractivity contribution in [1.29, 1.82) is 0 Å². The number of nitrogens with zero attached hydrogens (tertiary/aromatic N) is 4. The molecule has 6 N–H and O–H groups in total. The number of rotatable bonds is 22. The first kappa shape index (κ1) is 49.6. The normalized spacial score (nSPS) is 17.6. The number of fused-ring (bicyclic) bond motifs is 1. The Hall–Kier alpha value is -7.34. The molecule has 0 unspecified atom stereocenters. The third-order valence-electron chi connectivity index (χ3n) is 11.3. The molecule has 18 nitrogen and oxygen atoms in total. The minimum Gasteiger partial charge on any atom is -0.454 e. The SMILES string of the molecule is C=CCCC(=O)N[C@@H](Cc1ccc(-c2ccccc2)cc1)C(=O)O[C@@H]1[C@H](OC(=O)[C@H](Cc2ccc(-c3ccccc3)cc2)NC(=O)CCC=C)[C@@H](COP(=O)(O)O)O[C@H]1n1cnc2c(N)ncnc21. The van der Waals surface area contributed by atoms with Crippen LogP contribution in [0.25, 0.3) is 33.4 Å². The first-order valence-corrected chi connectivity index (χ1v) is 23.6. The van der Waals surface area contributed by atoms with E-state index in [4.69, 9.17) is 24.5 Å². The highest BCUT2D eigenvalue weighted by Gasteiger charge is 2.53. The first-order valence-electron chi connectivity index (χ1n) is 22.1. The molecule has 0 spiro atoms. The zero-order valence-electron chi connectivity index (χ0n) is 37.4. The van der Waals surface area contributed by atoms with Gasteiger partial charge >= 0.3 is 19.8 Å². The number of aromatic nitrogens is 4. The van der Waals surface area contributed by atoms with Gasteiger partial charge in [-0.25, -0.2) is 29.1 Å². The van der Waals surface area contributed by atoms with Gasteiger partial charge in [0.2, 0.25) is 11.8 Å². The molecule has 4 aromatic carbocycles. The van der Waals surface area contributed by atoms with E-state index < -0.39 is 74.8 Å². The van der Waals surface area contributed by atoms with Gasteiger partial charge in [-0.1, -0.05) is 121 Å². The Morgan fingerprint density at radius 3 is 1.67 bits per heavy atom. The molecule has 19 heteroatoms. The number of carbonyl (C=O) groups excluding carboxylic acids is 4. The molecule has 69 heavy (non-hydrogen) atoms. The maximum atomic E-state index is 14.7. The number of nitrogens with two attached hydrogens (primary N) is 1. The molecule has 2 aromatic heterocycles. The minimum atomic E-state index is -5.18. The van der Waals surface area contributed by atoms with Crippen molar-refractivity contribution < 1.29 is 52.3 Å². The number of phosphoric ester groups is 1. The number of carbonyl (C=O) groups is 4. The Labute approximate surface area is 397 Å². The van der Waals surface area contributed by atoms with Crippen LogP contribution in [0.3, 0.4) is 0 Å². The lowest BCUT2D eigenvalue weighted by Gasteiger charge is -2.28. The second-order valence-electron chi connectivity index (χ2n) is 16.2. The topological polar surface area (TPSA) is 256 Å². The number of allylic oxidation sites excluding steroid dienone is 2. The van der Waals surface area contributed by atoms with Gasteiger partial charge in [-0.05, 0) is 46.2 Å². The molecule has 2 amide bonds. The number of phosphoric acid groups is 1. The van der Waals surface area contributed by atoms with Crippen LogP contribution in [-0.4, -0.2) is 90.1 Å². The standard InChI is InChI=1S/C50H52N7O11P/c1-3-5-17-41(58)55-38(27-32-19-23-36(24-20-32)34-13-9-7-10-14-34)49(60)67-44-40(29-65-69(62,63)64)66-48(57-31-54-43-46(51)52-30-53-47(43)57)45(44)68-50(61)39(56-42(59)18-6-4-2)28-33-21-25-37(26-22-33)35-15-11-8-12-16-35/h3-4,7-16,19-26,30-31,38-40,44-45,48H,1-2,5-6,17-18,27-29H2,(H,55,58)(H,56,59)(H2,51,52,53)(H2,62,63,64)/t38-,39-,40+,44+,45+,48+/m0/s1. The maximum Gasteiger partial charge on any atom is 0.469 e. The number of ether oxygens (including phenoxy) is 3. The fourth-order valence-corrected chi connectivity index (χ4v) is 8.12. The molecule has 0 radical (unpaired) electrons. The summed E-state index contributed by atoms with van der Waals surface area (Å²) in [5.41, 5.74) is 11.5. The third-order valence-corrected chi connectivity index (χ3v) is 11.7. The van der Waals surface area contributed by atoms with Crippen LogP contribution < -0.4 is 16.4 Å². The van der Waals surface area contributed by atoms with Gasteiger partial charge in [-0.2, -0.15) is 0 Å². The number of esters is 2. The summed E-state index contributed by atoms with van der Waals surface area (Å²) in [5.74, 6) is -2.94. The van der Waals surface area contributed by atoms with Gasteiger partial charge in [0.25, 0.3) is 0 Å². The second kappa shape index (κ2) is 23.1. The summed E-state index contributed by atoms with van der Waals surface area (Å²) < 4.78 is 37.2. The Kier molecular flexibility index (Phi) is 16.6. The maximum absolute atomic E-state index is 14.7. The summed E-state index contributed by atoms with van der Waals surface area (Å²) >= 11 is 0. The van der Waals surface area contributed by atoms with Crippen LogP contribution in [0.15, 0.2) is 147 Å². The van der Waals surface area contributed by atoms with Crippen molar-refractivity contribution in [3.8, 4) is 22.3 Å². The van der Waals surface area contributed by atoms with E-state index in [9.17, 15) is 33.5 Å². The molecule has 1 fully saturated rings. The Morgan fingerprint density at radius 1 is 0.710 bits per heavy atom. The summed E-state index contributed by atoms with van der Waals surface area (Å²) in [5, 5.41) is 5.52.